The summed E-state index contributed by atoms with van der Waals surface area (Å²) in [6.07, 6.45) is 1.89. The number of carbonyl (C=O) groups is 1. The molecule has 0 aromatic rings. The van der Waals surface area contributed by atoms with E-state index in [1.165, 1.54) is 0 Å². The van der Waals surface area contributed by atoms with Crippen LogP contribution in [0.15, 0.2) is 0 Å². The maximum absolute atomic E-state index is 11.6. The average Bonchev–Trinajstić information content (AvgIpc) is 2.23. The van der Waals surface area contributed by atoms with Gasteiger partial charge in [0.05, 0.1) is 6.04 Å². The molecule has 0 radical (unpaired) electrons. The van der Waals surface area contributed by atoms with E-state index in [0.717, 1.165) is 26.0 Å². The molecule has 2 N–H and O–H groups in total. The van der Waals surface area contributed by atoms with Crippen molar-refractivity contribution in [3.8, 4) is 0 Å². The molecule has 0 heterocycles. The third kappa shape index (κ3) is 7.33. The maximum atomic E-state index is 11.6. The lowest BCUT2D eigenvalue weighted by Crippen LogP contribution is -2.45. The van der Waals surface area contributed by atoms with Crippen LogP contribution in [0.1, 0.15) is 33.6 Å². The van der Waals surface area contributed by atoms with Gasteiger partial charge in [-0.2, -0.15) is 0 Å². The van der Waals surface area contributed by atoms with Crippen LogP contribution in [0.5, 0.6) is 0 Å². The van der Waals surface area contributed by atoms with Gasteiger partial charge < -0.3 is 15.4 Å². The van der Waals surface area contributed by atoms with E-state index in [9.17, 15) is 4.79 Å². The summed E-state index contributed by atoms with van der Waals surface area (Å²) in [7, 11) is 1.68. The Morgan fingerprint density at radius 1 is 1.40 bits per heavy atom. The largest absolute Gasteiger partial charge is 0.385 e. The highest BCUT2D eigenvalue weighted by molar-refractivity contribution is 5.81. The van der Waals surface area contributed by atoms with Gasteiger partial charge in [-0.25, -0.2) is 0 Å². The van der Waals surface area contributed by atoms with Crippen LogP contribution in [-0.4, -0.2) is 38.3 Å². The predicted molar refractivity (Wildman–Crippen MR) is 61.9 cm³/mol. The Morgan fingerprint density at radius 2 is 2.07 bits per heavy atom. The second-order valence-electron chi connectivity index (χ2n) is 3.84. The molecule has 0 aliphatic rings. The highest BCUT2D eigenvalue weighted by Gasteiger charge is 2.12. The second-order valence-corrected chi connectivity index (χ2v) is 3.84. The fourth-order valence-electron chi connectivity index (χ4n) is 1.10. The highest BCUT2D eigenvalue weighted by Crippen LogP contribution is 1.90. The fourth-order valence-corrected chi connectivity index (χ4v) is 1.10. The lowest BCUT2D eigenvalue weighted by Gasteiger charge is -2.17. The van der Waals surface area contributed by atoms with Crippen molar-refractivity contribution in [1.29, 1.82) is 0 Å². The highest BCUT2D eigenvalue weighted by atomic mass is 16.5. The molecule has 2 atom stereocenters. The van der Waals surface area contributed by atoms with Crippen molar-refractivity contribution in [3.05, 3.63) is 0 Å². The van der Waals surface area contributed by atoms with Crippen LogP contribution in [0, 0.1) is 0 Å². The fraction of sp³-hybridized carbons (Fsp3) is 0.909. The number of hydrogen-bond acceptors (Lipinski definition) is 3. The molecule has 0 fully saturated rings. The molecule has 90 valence electrons. The van der Waals surface area contributed by atoms with E-state index >= 15 is 0 Å². The third-order valence-electron chi connectivity index (χ3n) is 2.37. The van der Waals surface area contributed by atoms with Crippen molar-refractivity contribution < 1.29 is 9.53 Å². The van der Waals surface area contributed by atoms with Crippen LogP contribution in [0.3, 0.4) is 0 Å². The van der Waals surface area contributed by atoms with E-state index < -0.39 is 0 Å². The van der Waals surface area contributed by atoms with Crippen LogP contribution in [0.25, 0.3) is 0 Å². The van der Waals surface area contributed by atoms with Gasteiger partial charge >= 0.3 is 0 Å². The Balaban J connectivity index is 3.60. The lowest BCUT2D eigenvalue weighted by atomic mass is 10.2. The minimum Gasteiger partial charge on any atom is -0.385 e. The van der Waals surface area contributed by atoms with Crippen LogP contribution in [-0.2, 0) is 9.53 Å². The van der Waals surface area contributed by atoms with Crippen molar-refractivity contribution in [3.63, 3.8) is 0 Å². The molecular weight excluding hydrogens is 192 g/mol. The van der Waals surface area contributed by atoms with E-state index in [4.69, 9.17) is 4.74 Å². The maximum Gasteiger partial charge on any atom is 0.237 e. The summed E-state index contributed by atoms with van der Waals surface area (Å²) in [5.74, 6) is 0.0711. The number of hydrogen-bond donors (Lipinski definition) is 2. The monoisotopic (exact) mass is 216 g/mol. The Kier molecular flexibility index (Phi) is 8.33. The van der Waals surface area contributed by atoms with Crippen LogP contribution < -0.4 is 10.6 Å². The topological polar surface area (TPSA) is 50.4 Å². The Labute approximate surface area is 92.8 Å². The molecule has 0 aromatic carbocycles. The number of carbonyl (C=O) groups excluding carboxylic acids is 1. The van der Waals surface area contributed by atoms with Gasteiger partial charge in [0.2, 0.25) is 5.91 Å². The molecule has 15 heavy (non-hydrogen) atoms. The third-order valence-corrected chi connectivity index (χ3v) is 2.37. The number of methoxy groups -OCH3 is 1. The summed E-state index contributed by atoms with van der Waals surface area (Å²) < 4.78 is 4.93. The van der Waals surface area contributed by atoms with E-state index in [1.54, 1.807) is 7.11 Å². The van der Waals surface area contributed by atoms with Crippen LogP contribution in [0.4, 0.5) is 0 Å². The first-order valence-corrected chi connectivity index (χ1v) is 5.64. The zero-order valence-electron chi connectivity index (χ0n) is 10.3. The minimum atomic E-state index is -0.129. The lowest BCUT2D eigenvalue weighted by molar-refractivity contribution is -0.123. The van der Waals surface area contributed by atoms with Gasteiger partial charge in [-0.05, 0) is 33.2 Å². The molecule has 0 aromatic heterocycles. The van der Waals surface area contributed by atoms with Crippen LogP contribution >= 0.6 is 0 Å². The minimum absolute atomic E-state index is 0.0711. The zero-order valence-corrected chi connectivity index (χ0v) is 10.3. The Bertz CT molecular complexity index is 174. The molecule has 0 saturated heterocycles. The van der Waals surface area contributed by atoms with Crippen LogP contribution in [0.2, 0.25) is 0 Å². The average molecular weight is 216 g/mol. The SMILES string of the molecule is CCC(C)NC(=O)C(C)NCCCOC. The van der Waals surface area contributed by atoms with Crippen molar-refractivity contribution in [1.82, 2.24) is 10.6 Å². The first-order valence-electron chi connectivity index (χ1n) is 5.64. The molecule has 0 aliphatic heterocycles. The molecule has 4 heteroatoms. The van der Waals surface area contributed by atoms with Crippen molar-refractivity contribution in [2.75, 3.05) is 20.3 Å². The molecule has 0 bridgehead atoms. The van der Waals surface area contributed by atoms with Gasteiger partial charge in [0.1, 0.15) is 0 Å². The molecule has 1 amide bonds. The molecule has 4 nitrogen and oxygen atoms in total. The normalized spacial score (nSPS) is 14.7. The quantitative estimate of drug-likeness (QED) is 0.593. The van der Waals surface area contributed by atoms with E-state index in [1.807, 2.05) is 13.8 Å². The molecule has 0 spiro atoms. The Morgan fingerprint density at radius 3 is 2.60 bits per heavy atom. The van der Waals surface area contributed by atoms with Gasteiger partial charge in [0.15, 0.2) is 0 Å². The van der Waals surface area contributed by atoms with Gasteiger partial charge in [-0.15, -0.1) is 0 Å². The van der Waals surface area contributed by atoms with Crippen molar-refractivity contribution in [2.45, 2.75) is 45.7 Å². The van der Waals surface area contributed by atoms with E-state index in [-0.39, 0.29) is 18.0 Å². The first-order chi connectivity index (χ1) is 7.11. The Hall–Kier alpha value is -0.610. The summed E-state index contributed by atoms with van der Waals surface area (Å²) in [6, 6.07) is 0.122. The summed E-state index contributed by atoms with van der Waals surface area (Å²) in [4.78, 5) is 11.6. The van der Waals surface area contributed by atoms with E-state index in [0.29, 0.717) is 0 Å². The summed E-state index contributed by atoms with van der Waals surface area (Å²) in [5, 5.41) is 6.09. The second kappa shape index (κ2) is 8.68. The predicted octanol–water partition coefficient (Wildman–Crippen LogP) is 0.916. The number of ether oxygens (including phenoxy) is 1. The molecular formula is C11H24N2O2. The van der Waals surface area contributed by atoms with Gasteiger partial charge in [-0.3, -0.25) is 4.79 Å². The summed E-state index contributed by atoms with van der Waals surface area (Å²) in [5.41, 5.74) is 0. The zero-order chi connectivity index (χ0) is 11.7. The molecule has 2 unspecified atom stereocenters. The van der Waals surface area contributed by atoms with E-state index in [2.05, 4.69) is 17.6 Å². The first kappa shape index (κ1) is 14.4. The van der Waals surface area contributed by atoms with Crippen molar-refractivity contribution >= 4 is 5.91 Å². The molecule has 0 rings (SSSR count). The number of rotatable bonds is 8. The molecule has 0 saturated carbocycles. The number of amides is 1. The summed E-state index contributed by atoms with van der Waals surface area (Å²) in [6.45, 7) is 7.48. The van der Waals surface area contributed by atoms with Crippen molar-refractivity contribution in [2.24, 2.45) is 0 Å². The van der Waals surface area contributed by atoms with Gasteiger partial charge in [0.25, 0.3) is 0 Å². The number of nitrogens with one attached hydrogen (secondary N) is 2. The standard InChI is InChI=1S/C11H24N2O2/c1-5-9(2)13-11(14)10(3)12-7-6-8-15-4/h9-10,12H,5-8H2,1-4H3,(H,13,14). The van der Waals surface area contributed by atoms with Gasteiger partial charge in [0, 0.05) is 19.8 Å². The smallest absolute Gasteiger partial charge is 0.237 e. The molecule has 0 aliphatic carbocycles. The van der Waals surface area contributed by atoms with Gasteiger partial charge in [-0.1, -0.05) is 6.92 Å². The summed E-state index contributed by atoms with van der Waals surface area (Å²) >= 11 is 0.